The maximum atomic E-state index is 13.2. The van der Waals surface area contributed by atoms with Crippen molar-refractivity contribution in [1.82, 2.24) is 30.4 Å². The van der Waals surface area contributed by atoms with Crippen LogP contribution in [0.2, 0.25) is 0 Å². The first kappa shape index (κ1) is 27.5. The van der Waals surface area contributed by atoms with Crippen LogP contribution in [-0.2, 0) is 16.0 Å². The van der Waals surface area contributed by atoms with E-state index in [-0.39, 0.29) is 5.91 Å². The van der Waals surface area contributed by atoms with E-state index in [0.29, 0.717) is 41.0 Å². The number of hydrogen-bond donors (Lipinski definition) is 1. The van der Waals surface area contributed by atoms with Gasteiger partial charge in [-0.25, -0.2) is 0 Å². The quantitative estimate of drug-likeness (QED) is 0.212. The second-order valence-corrected chi connectivity index (χ2v) is 11.6. The number of thiocarbonyl (C=S) groups is 1. The summed E-state index contributed by atoms with van der Waals surface area (Å²) >= 11 is 6.87. The second-order valence-electron chi connectivity index (χ2n) is 9.88. The molecule has 1 aromatic heterocycles. The summed E-state index contributed by atoms with van der Waals surface area (Å²) in [6, 6.07) is 20.9. The van der Waals surface area contributed by atoms with Crippen molar-refractivity contribution in [1.29, 1.82) is 0 Å². The number of aromatic amines is 1. The number of amides is 1. The standard InChI is InChI=1S/C30H30N6O3S2/c37-29-27(41-30(40)36(29)11-3-6-28-31-33-34-32-28)19-21-7-10-26(39-17-14-35-12-15-38-16-13-35)25(18-21)24-9-8-22-4-1-2-5-23(22)20-24/h1-2,4-5,7-10,18-20H,3,6,11-17H2,(H,31,32,33,34)/b27-19-. The minimum absolute atomic E-state index is 0.0776. The number of aromatic nitrogens is 4. The lowest BCUT2D eigenvalue weighted by Gasteiger charge is -2.26. The van der Waals surface area contributed by atoms with E-state index in [2.05, 4.69) is 61.9 Å². The van der Waals surface area contributed by atoms with Crippen molar-refractivity contribution < 1.29 is 14.3 Å². The smallest absolute Gasteiger partial charge is 0.266 e. The lowest BCUT2D eigenvalue weighted by molar-refractivity contribution is -0.122. The SMILES string of the molecule is O=C1/C(=C/c2ccc(OCCN3CCOCC3)c(-c3ccc4ccccc4c3)c2)SC(=S)N1CCCc1nn[nH]n1. The summed E-state index contributed by atoms with van der Waals surface area (Å²) in [7, 11) is 0. The Kier molecular flexibility index (Phi) is 8.66. The maximum Gasteiger partial charge on any atom is 0.266 e. The van der Waals surface area contributed by atoms with E-state index in [0.717, 1.165) is 60.7 Å². The molecular formula is C30H30N6O3S2. The molecule has 0 bridgehead atoms. The summed E-state index contributed by atoms with van der Waals surface area (Å²) in [5.41, 5.74) is 2.97. The highest BCUT2D eigenvalue weighted by molar-refractivity contribution is 8.26. The fourth-order valence-corrected chi connectivity index (χ4v) is 6.29. The van der Waals surface area contributed by atoms with Gasteiger partial charge in [0.15, 0.2) is 5.82 Å². The van der Waals surface area contributed by atoms with E-state index in [4.69, 9.17) is 21.7 Å². The van der Waals surface area contributed by atoms with Crippen LogP contribution in [0.1, 0.15) is 17.8 Å². The molecule has 9 nitrogen and oxygen atoms in total. The average Bonchev–Trinajstić information content (AvgIpc) is 3.62. The number of fused-ring (bicyclic) bond motifs is 1. The predicted molar refractivity (Wildman–Crippen MR) is 165 cm³/mol. The van der Waals surface area contributed by atoms with Gasteiger partial charge in [-0.3, -0.25) is 14.6 Å². The van der Waals surface area contributed by atoms with E-state index in [9.17, 15) is 4.79 Å². The molecule has 2 saturated heterocycles. The summed E-state index contributed by atoms with van der Waals surface area (Å²) in [5.74, 6) is 1.37. The Morgan fingerprint density at radius 1 is 1.05 bits per heavy atom. The van der Waals surface area contributed by atoms with Crippen LogP contribution < -0.4 is 4.74 Å². The van der Waals surface area contributed by atoms with Crippen LogP contribution >= 0.6 is 24.0 Å². The number of nitrogens with zero attached hydrogens (tertiary/aromatic N) is 5. The van der Waals surface area contributed by atoms with E-state index in [1.54, 1.807) is 4.90 Å². The summed E-state index contributed by atoms with van der Waals surface area (Å²) in [6.07, 6.45) is 3.23. The number of thioether (sulfide) groups is 1. The lowest BCUT2D eigenvalue weighted by atomic mass is 9.98. The van der Waals surface area contributed by atoms with Gasteiger partial charge in [-0.2, -0.15) is 5.21 Å². The van der Waals surface area contributed by atoms with Gasteiger partial charge in [-0.1, -0.05) is 71.7 Å². The molecule has 2 aliphatic heterocycles. The molecule has 1 N–H and O–H groups in total. The molecule has 0 unspecified atom stereocenters. The first-order chi connectivity index (χ1) is 20.1. The van der Waals surface area contributed by atoms with Crippen molar-refractivity contribution in [3.63, 3.8) is 0 Å². The van der Waals surface area contributed by atoms with Crippen LogP contribution in [0.5, 0.6) is 5.75 Å². The Labute approximate surface area is 247 Å². The van der Waals surface area contributed by atoms with Crippen molar-refractivity contribution in [2.75, 3.05) is 46.0 Å². The van der Waals surface area contributed by atoms with Crippen molar-refractivity contribution >= 4 is 51.1 Å². The monoisotopic (exact) mass is 586 g/mol. The molecule has 41 heavy (non-hydrogen) atoms. The van der Waals surface area contributed by atoms with Gasteiger partial charge in [-0.15, -0.1) is 10.2 Å². The zero-order chi connectivity index (χ0) is 28.0. The van der Waals surface area contributed by atoms with Gasteiger partial charge in [0.05, 0.1) is 18.1 Å². The van der Waals surface area contributed by atoms with Gasteiger partial charge in [-0.05, 0) is 52.6 Å². The number of ether oxygens (including phenoxy) is 2. The molecule has 0 radical (unpaired) electrons. The molecule has 1 amide bonds. The van der Waals surface area contributed by atoms with Gasteiger partial charge in [0.1, 0.15) is 16.7 Å². The number of carbonyl (C=O) groups excluding carboxylic acids is 1. The lowest BCUT2D eigenvalue weighted by Crippen LogP contribution is -2.38. The first-order valence-electron chi connectivity index (χ1n) is 13.7. The zero-order valence-corrected chi connectivity index (χ0v) is 24.1. The van der Waals surface area contributed by atoms with Gasteiger partial charge < -0.3 is 9.47 Å². The number of nitrogens with one attached hydrogen (secondary N) is 1. The fourth-order valence-electron chi connectivity index (χ4n) is 4.98. The van der Waals surface area contributed by atoms with Crippen LogP contribution in [-0.4, -0.2) is 86.7 Å². The molecule has 210 valence electrons. The molecule has 4 aromatic rings. The molecule has 0 atom stereocenters. The van der Waals surface area contributed by atoms with E-state index in [1.807, 2.05) is 30.3 Å². The van der Waals surface area contributed by atoms with E-state index < -0.39 is 0 Å². The van der Waals surface area contributed by atoms with Gasteiger partial charge in [0.25, 0.3) is 5.91 Å². The van der Waals surface area contributed by atoms with E-state index >= 15 is 0 Å². The summed E-state index contributed by atoms with van der Waals surface area (Å²) in [6.45, 7) is 5.32. The number of benzene rings is 3. The Bertz CT molecular complexity index is 1570. The number of aryl methyl sites for hydroxylation is 1. The zero-order valence-electron chi connectivity index (χ0n) is 22.5. The minimum Gasteiger partial charge on any atom is -0.492 e. The molecule has 3 aromatic carbocycles. The molecule has 0 saturated carbocycles. The molecule has 2 aliphatic rings. The van der Waals surface area contributed by atoms with Gasteiger partial charge in [0, 0.05) is 38.2 Å². The third kappa shape index (κ3) is 6.65. The molecule has 11 heteroatoms. The van der Waals surface area contributed by atoms with Crippen LogP contribution in [0.3, 0.4) is 0 Å². The largest absolute Gasteiger partial charge is 0.492 e. The molecule has 0 aliphatic carbocycles. The molecule has 2 fully saturated rings. The highest BCUT2D eigenvalue weighted by atomic mass is 32.2. The number of rotatable bonds is 10. The first-order valence-corrected chi connectivity index (χ1v) is 14.9. The van der Waals surface area contributed by atoms with Gasteiger partial charge in [0.2, 0.25) is 0 Å². The highest BCUT2D eigenvalue weighted by Gasteiger charge is 2.31. The highest BCUT2D eigenvalue weighted by Crippen LogP contribution is 2.36. The van der Waals surface area contributed by atoms with Crippen molar-refractivity contribution in [2.24, 2.45) is 0 Å². The third-order valence-electron chi connectivity index (χ3n) is 7.18. The summed E-state index contributed by atoms with van der Waals surface area (Å²) in [5, 5.41) is 16.3. The summed E-state index contributed by atoms with van der Waals surface area (Å²) < 4.78 is 12.4. The normalized spacial score (nSPS) is 17.2. The Hall–Kier alpha value is -3.64. The number of hydrogen-bond acceptors (Lipinski definition) is 9. The average molecular weight is 587 g/mol. The second kappa shape index (κ2) is 12.9. The van der Waals surface area contributed by atoms with E-state index in [1.165, 1.54) is 17.1 Å². The van der Waals surface area contributed by atoms with Crippen molar-refractivity contribution in [3.05, 3.63) is 77.0 Å². The third-order valence-corrected chi connectivity index (χ3v) is 8.55. The summed E-state index contributed by atoms with van der Waals surface area (Å²) in [4.78, 5) is 17.9. The van der Waals surface area contributed by atoms with Gasteiger partial charge >= 0.3 is 0 Å². The number of tetrazole rings is 1. The van der Waals surface area contributed by atoms with Crippen LogP contribution in [0, 0.1) is 0 Å². The van der Waals surface area contributed by atoms with Crippen LogP contribution in [0.25, 0.3) is 28.0 Å². The van der Waals surface area contributed by atoms with Crippen LogP contribution in [0.15, 0.2) is 65.6 Å². The molecule has 0 spiro atoms. The number of H-pyrrole nitrogens is 1. The van der Waals surface area contributed by atoms with Crippen molar-refractivity contribution in [3.8, 4) is 16.9 Å². The molecule has 6 rings (SSSR count). The Morgan fingerprint density at radius 2 is 1.90 bits per heavy atom. The van der Waals surface area contributed by atoms with Crippen molar-refractivity contribution in [2.45, 2.75) is 12.8 Å². The minimum atomic E-state index is -0.0776. The molecular weight excluding hydrogens is 557 g/mol. The maximum absolute atomic E-state index is 13.2. The Balaban J connectivity index is 1.22. The topological polar surface area (TPSA) is 96.5 Å². The molecule has 3 heterocycles. The Morgan fingerprint density at radius 3 is 2.73 bits per heavy atom. The number of carbonyl (C=O) groups is 1. The van der Waals surface area contributed by atoms with Crippen LogP contribution in [0.4, 0.5) is 0 Å². The fraction of sp³-hybridized carbons (Fsp3) is 0.300. The predicted octanol–water partition coefficient (Wildman–Crippen LogP) is 4.56. The number of morpholine rings is 1.